The van der Waals surface area contributed by atoms with E-state index in [9.17, 15) is 5.26 Å². The van der Waals surface area contributed by atoms with Gasteiger partial charge in [-0.1, -0.05) is 0 Å². The number of rotatable bonds is 5. The lowest BCUT2D eigenvalue weighted by molar-refractivity contribution is 0.204. The van der Waals surface area contributed by atoms with E-state index in [4.69, 9.17) is 0 Å². The molecule has 1 N–H and O–H groups in total. The van der Waals surface area contributed by atoms with Crippen LogP contribution in [0.25, 0.3) is 5.65 Å². The Morgan fingerprint density at radius 3 is 2.83 bits per heavy atom. The summed E-state index contributed by atoms with van der Waals surface area (Å²) in [6, 6.07) is 2.89. The standard InChI is InChI=1S/C17H25N7/c1-12(2)23-7-5-13-14(9-18)16(19-6-8-22(3)4)24-11-20-21-17(24)15(13)10-23/h11-12,19H,5-8,10H2,1-4H3. The summed E-state index contributed by atoms with van der Waals surface area (Å²) in [5.74, 6) is 0.816. The number of hydrogen-bond acceptors (Lipinski definition) is 6. The minimum absolute atomic E-state index is 0.476. The second-order valence-corrected chi connectivity index (χ2v) is 6.86. The highest BCUT2D eigenvalue weighted by atomic mass is 15.3. The number of nitrogens with one attached hydrogen (secondary N) is 1. The summed E-state index contributed by atoms with van der Waals surface area (Å²) in [7, 11) is 4.07. The molecule has 2 aromatic rings. The van der Waals surface area contributed by atoms with Crippen molar-refractivity contribution in [1.82, 2.24) is 24.4 Å². The molecule has 0 unspecified atom stereocenters. The fraction of sp³-hybridized carbons (Fsp3) is 0.588. The average Bonchev–Trinajstić information content (AvgIpc) is 3.03. The van der Waals surface area contributed by atoms with Gasteiger partial charge in [-0.2, -0.15) is 5.26 Å². The molecule has 1 aliphatic rings. The van der Waals surface area contributed by atoms with Crippen LogP contribution in [0.2, 0.25) is 0 Å². The fourth-order valence-corrected chi connectivity index (χ4v) is 3.27. The number of pyridine rings is 1. The van der Waals surface area contributed by atoms with Crippen molar-refractivity contribution in [3.63, 3.8) is 0 Å². The molecule has 0 aliphatic carbocycles. The average molecular weight is 327 g/mol. The number of nitriles is 1. The topological polar surface area (TPSA) is 72.5 Å². The second-order valence-electron chi connectivity index (χ2n) is 6.86. The minimum atomic E-state index is 0.476. The highest BCUT2D eigenvalue weighted by Gasteiger charge is 2.27. The van der Waals surface area contributed by atoms with E-state index in [1.807, 2.05) is 18.5 Å². The van der Waals surface area contributed by atoms with E-state index in [1.54, 1.807) is 6.33 Å². The van der Waals surface area contributed by atoms with Crippen molar-refractivity contribution in [2.24, 2.45) is 0 Å². The third-order valence-electron chi connectivity index (χ3n) is 4.67. The van der Waals surface area contributed by atoms with E-state index < -0.39 is 0 Å². The predicted octanol–water partition coefficient (Wildman–Crippen LogP) is 1.34. The molecule has 0 amide bonds. The van der Waals surface area contributed by atoms with Crippen molar-refractivity contribution >= 4 is 11.5 Å². The summed E-state index contributed by atoms with van der Waals surface area (Å²) < 4.78 is 1.93. The second kappa shape index (κ2) is 6.75. The normalized spacial score (nSPS) is 15.0. The molecule has 7 nitrogen and oxygen atoms in total. The van der Waals surface area contributed by atoms with Gasteiger partial charge in [-0.15, -0.1) is 10.2 Å². The van der Waals surface area contributed by atoms with Crippen LogP contribution in [-0.2, 0) is 13.0 Å². The number of aromatic nitrogens is 3. The van der Waals surface area contributed by atoms with Crippen LogP contribution in [0.3, 0.4) is 0 Å². The lowest BCUT2D eigenvalue weighted by atomic mass is 9.95. The van der Waals surface area contributed by atoms with Gasteiger partial charge in [0, 0.05) is 37.8 Å². The van der Waals surface area contributed by atoms with E-state index in [0.717, 1.165) is 60.8 Å². The van der Waals surface area contributed by atoms with Crippen molar-refractivity contribution in [2.75, 3.05) is 39.0 Å². The van der Waals surface area contributed by atoms with Crippen molar-refractivity contribution in [3.05, 3.63) is 23.0 Å². The third kappa shape index (κ3) is 2.95. The van der Waals surface area contributed by atoms with Crippen molar-refractivity contribution in [3.8, 4) is 6.07 Å². The number of anilines is 1. The van der Waals surface area contributed by atoms with Gasteiger partial charge in [0.2, 0.25) is 0 Å². The van der Waals surface area contributed by atoms with E-state index >= 15 is 0 Å². The lowest BCUT2D eigenvalue weighted by Crippen LogP contribution is -2.37. The maximum atomic E-state index is 9.79. The third-order valence-corrected chi connectivity index (χ3v) is 4.67. The van der Waals surface area contributed by atoms with Crippen LogP contribution in [0.4, 0.5) is 5.82 Å². The molecular formula is C17H25N7. The Balaban J connectivity index is 2.06. The molecule has 3 heterocycles. The number of fused-ring (bicyclic) bond motifs is 3. The van der Waals surface area contributed by atoms with Crippen molar-refractivity contribution < 1.29 is 0 Å². The van der Waals surface area contributed by atoms with Crippen LogP contribution in [0, 0.1) is 11.3 Å². The minimum Gasteiger partial charge on any atom is -0.369 e. The summed E-state index contributed by atoms with van der Waals surface area (Å²) in [6.07, 6.45) is 2.57. The summed E-state index contributed by atoms with van der Waals surface area (Å²) in [5, 5.41) is 21.6. The number of nitrogens with zero attached hydrogens (tertiary/aromatic N) is 6. The van der Waals surface area contributed by atoms with Crippen LogP contribution in [0.15, 0.2) is 6.33 Å². The smallest absolute Gasteiger partial charge is 0.167 e. The lowest BCUT2D eigenvalue weighted by Gasteiger charge is -2.33. The summed E-state index contributed by atoms with van der Waals surface area (Å²) in [6.45, 7) is 7.87. The van der Waals surface area contributed by atoms with Crippen LogP contribution >= 0.6 is 0 Å². The first kappa shape index (κ1) is 16.7. The zero-order chi connectivity index (χ0) is 17.3. The van der Waals surface area contributed by atoms with Gasteiger partial charge in [0.25, 0.3) is 0 Å². The van der Waals surface area contributed by atoms with Crippen molar-refractivity contribution in [2.45, 2.75) is 32.9 Å². The molecule has 128 valence electrons. The van der Waals surface area contributed by atoms with Gasteiger partial charge in [-0.05, 0) is 39.9 Å². The number of hydrogen-bond donors (Lipinski definition) is 1. The summed E-state index contributed by atoms with van der Waals surface area (Å²) >= 11 is 0. The first-order valence-corrected chi connectivity index (χ1v) is 8.43. The number of likely N-dealkylation sites (N-methyl/N-ethyl adjacent to an activating group) is 1. The molecule has 3 rings (SSSR count). The van der Waals surface area contributed by atoms with E-state index in [0.29, 0.717) is 6.04 Å². The molecular weight excluding hydrogens is 302 g/mol. The highest BCUT2D eigenvalue weighted by Crippen LogP contribution is 2.31. The molecule has 1 aliphatic heterocycles. The largest absolute Gasteiger partial charge is 0.369 e. The Morgan fingerprint density at radius 2 is 2.17 bits per heavy atom. The van der Waals surface area contributed by atoms with E-state index in [-0.39, 0.29) is 0 Å². The summed E-state index contributed by atoms with van der Waals surface area (Å²) in [4.78, 5) is 4.53. The molecule has 24 heavy (non-hydrogen) atoms. The highest BCUT2D eigenvalue weighted by molar-refractivity contribution is 5.68. The summed E-state index contributed by atoms with van der Waals surface area (Å²) in [5.41, 5.74) is 3.87. The molecule has 0 radical (unpaired) electrons. The molecule has 0 fully saturated rings. The van der Waals surface area contributed by atoms with Crippen LogP contribution in [-0.4, -0.2) is 64.2 Å². The van der Waals surface area contributed by atoms with Crippen LogP contribution in [0.1, 0.15) is 30.5 Å². The monoisotopic (exact) mass is 327 g/mol. The molecule has 0 bridgehead atoms. The first-order valence-electron chi connectivity index (χ1n) is 8.43. The maximum absolute atomic E-state index is 9.79. The Kier molecular flexibility index (Phi) is 4.69. The molecule has 0 spiro atoms. The van der Waals surface area contributed by atoms with Crippen LogP contribution in [0.5, 0.6) is 0 Å². The Hall–Kier alpha value is -2.17. The van der Waals surface area contributed by atoms with Gasteiger partial charge in [0.1, 0.15) is 18.2 Å². The fourth-order valence-electron chi connectivity index (χ4n) is 3.27. The molecule has 2 aromatic heterocycles. The molecule has 7 heteroatoms. The quantitative estimate of drug-likeness (QED) is 0.893. The van der Waals surface area contributed by atoms with E-state index in [2.05, 4.69) is 45.2 Å². The van der Waals surface area contributed by atoms with Gasteiger partial charge in [-0.25, -0.2) is 0 Å². The van der Waals surface area contributed by atoms with Crippen molar-refractivity contribution in [1.29, 1.82) is 5.26 Å². The van der Waals surface area contributed by atoms with Gasteiger partial charge in [0.15, 0.2) is 5.65 Å². The van der Waals surface area contributed by atoms with Gasteiger partial charge < -0.3 is 10.2 Å². The zero-order valence-corrected chi connectivity index (χ0v) is 14.9. The Labute approximate surface area is 142 Å². The van der Waals surface area contributed by atoms with Crippen LogP contribution < -0.4 is 5.32 Å². The van der Waals surface area contributed by atoms with Gasteiger partial charge in [-0.3, -0.25) is 9.30 Å². The zero-order valence-electron chi connectivity index (χ0n) is 14.9. The Morgan fingerprint density at radius 1 is 1.38 bits per heavy atom. The van der Waals surface area contributed by atoms with Gasteiger partial charge in [0.05, 0.1) is 5.56 Å². The first-order chi connectivity index (χ1) is 11.5. The van der Waals surface area contributed by atoms with E-state index in [1.165, 1.54) is 0 Å². The maximum Gasteiger partial charge on any atom is 0.167 e. The molecule has 0 atom stereocenters. The SMILES string of the molecule is CC(C)N1CCc2c(C#N)c(NCCN(C)C)n3cnnc3c2C1. The molecule has 0 saturated heterocycles. The van der Waals surface area contributed by atoms with Gasteiger partial charge >= 0.3 is 0 Å². The molecule has 0 saturated carbocycles. The Bertz CT molecular complexity index is 769. The predicted molar refractivity (Wildman–Crippen MR) is 94.0 cm³/mol. The molecule has 0 aromatic carbocycles.